The van der Waals surface area contributed by atoms with Crippen LogP contribution in [0.25, 0.3) is 11.1 Å². The maximum Gasteiger partial charge on any atom is 0.410 e. The van der Waals surface area contributed by atoms with E-state index in [2.05, 4.69) is 0 Å². The number of aromatic nitrogens is 1. The Labute approximate surface area is 176 Å². The molecule has 0 spiro atoms. The molecular formula is C23H30N2O5. The molecule has 2 atom stereocenters. The number of benzene rings is 1. The summed E-state index contributed by atoms with van der Waals surface area (Å²) in [4.78, 5) is 26.0. The first-order chi connectivity index (χ1) is 14.2. The monoisotopic (exact) mass is 414 g/mol. The topological polar surface area (TPSA) is 92.0 Å². The molecule has 1 saturated heterocycles. The predicted octanol–water partition coefficient (Wildman–Crippen LogP) is 2.94. The Bertz CT molecular complexity index is 930. The molecule has 2 unspecified atom stereocenters. The number of ether oxygens (including phenoxy) is 1. The van der Waals surface area contributed by atoms with Gasteiger partial charge in [0.05, 0.1) is 18.2 Å². The van der Waals surface area contributed by atoms with Crippen molar-refractivity contribution in [2.45, 2.75) is 57.9 Å². The van der Waals surface area contributed by atoms with Crippen LogP contribution >= 0.6 is 0 Å². The van der Waals surface area contributed by atoms with E-state index in [1.54, 1.807) is 31.0 Å². The lowest BCUT2D eigenvalue weighted by atomic mass is 9.97. The average molecular weight is 415 g/mol. The van der Waals surface area contributed by atoms with Crippen molar-refractivity contribution in [2.24, 2.45) is 0 Å². The quantitative estimate of drug-likeness (QED) is 0.727. The third-order valence-corrected chi connectivity index (χ3v) is 5.44. The van der Waals surface area contributed by atoms with Crippen molar-refractivity contribution < 1.29 is 19.7 Å². The summed E-state index contributed by atoms with van der Waals surface area (Å²) in [5.74, 6) is 0. The fourth-order valence-corrected chi connectivity index (χ4v) is 3.81. The maximum absolute atomic E-state index is 12.5. The van der Waals surface area contributed by atoms with E-state index in [1.165, 1.54) is 10.6 Å². The van der Waals surface area contributed by atoms with Gasteiger partial charge >= 0.3 is 6.09 Å². The van der Waals surface area contributed by atoms with Gasteiger partial charge in [0.15, 0.2) is 0 Å². The minimum Gasteiger partial charge on any atom is -0.446 e. The second-order valence-corrected chi connectivity index (χ2v) is 8.48. The zero-order valence-corrected chi connectivity index (χ0v) is 17.7. The molecule has 1 aliphatic heterocycles. The molecular weight excluding hydrogens is 384 g/mol. The molecule has 1 amide bonds. The molecule has 3 rings (SSSR count). The molecule has 0 bridgehead atoms. The zero-order valence-electron chi connectivity index (χ0n) is 17.7. The van der Waals surface area contributed by atoms with Crippen LogP contribution in [0.15, 0.2) is 47.4 Å². The van der Waals surface area contributed by atoms with Crippen molar-refractivity contribution in [3.63, 3.8) is 0 Å². The van der Waals surface area contributed by atoms with Crippen LogP contribution in [0.3, 0.4) is 0 Å². The normalized spacial score (nSPS) is 18.2. The van der Waals surface area contributed by atoms with Gasteiger partial charge in [0.25, 0.3) is 5.56 Å². The van der Waals surface area contributed by atoms with Gasteiger partial charge in [-0.3, -0.25) is 4.79 Å². The molecule has 7 nitrogen and oxygen atoms in total. The summed E-state index contributed by atoms with van der Waals surface area (Å²) in [6, 6.07) is 11.0. The summed E-state index contributed by atoms with van der Waals surface area (Å²) in [5.41, 5.74) is 1.80. The number of pyridine rings is 1. The number of aliphatic hydroxyl groups is 2. The van der Waals surface area contributed by atoms with Crippen molar-refractivity contribution >= 4 is 6.09 Å². The Morgan fingerprint density at radius 1 is 1.13 bits per heavy atom. The molecule has 0 aliphatic carbocycles. The van der Waals surface area contributed by atoms with Gasteiger partial charge in [0, 0.05) is 38.2 Å². The Morgan fingerprint density at radius 3 is 2.40 bits per heavy atom. The summed E-state index contributed by atoms with van der Waals surface area (Å²) >= 11 is 0. The van der Waals surface area contributed by atoms with Crippen LogP contribution in [0.1, 0.15) is 45.2 Å². The number of aliphatic hydroxyl groups excluding tert-OH is 1. The molecule has 7 heteroatoms. The second-order valence-electron chi connectivity index (χ2n) is 8.48. The molecule has 0 saturated carbocycles. The first-order valence-electron chi connectivity index (χ1n) is 10.3. The van der Waals surface area contributed by atoms with Crippen molar-refractivity contribution in [3.8, 4) is 11.1 Å². The number of amides is 1. The highest BCUT2D eigenvalue weighted by Crippen LogP contribution is 2.29. The van der Waals surface area contributed by atoms with Crippen LogP contribution in [0.4, 0.5) is 4.79 Å². The van der Waals surface area contributed by atoms with Crippen molar-refractivity contribution in [3.05, 3.63) is 58.5 Å². The molecule has 1 fully saturated rings. The van der Waals surface area contributed by atoms with Crippen LogP contribution < -0.4 is 5.56 Å². The van der Waals surface area contributed by atoms with Gasteiger partial charge in [-0.15, -0.1) is 0 Å². The highest BCUT2D eigenvalue weighted by atomic mass is 16.6. The smallest absolute Gasteiger partial charge is 0.410 e. The van der Waals surface area contributed by atoms with Crippen LogP contribution in [-0.4, -0.2) is 50.6 Å². The largest absolute Gasteiger partial charge is 0.446 e. The Kier molecular flexibility index (Phi) is 6.63. The minimum absolute atomic E-state index is 0.0948. The third-order valence-electron chi connectivity index (χ3n) is 5.44. The Morgan fingerprint density at radius 2 is 1.80 bits per heavy atom. The van der Waals surface area contributed by atoms with Gasteiger partial charge in [-0.25, -0.2) is 4.79 Å². The number of rotatable bonds is 7. The number of hydrogen-bond donors (Lipinski definition) is 2. The van der Waals surface area contributed by atoms with Crippen LogP contribution in [0.5, 0.6) is 0 Å². The summed E-state index contributed by atoms with van der Waals surface area (Å²) in [6.07, 6.45) is 2.22. The van der Waals surface area contributed by atoms with E-state index in [4.69, 9.17) is 9.84 Å². The molecule has 2 aromatic rings. The number of nitrogens with zero attached hydrogens (tertiary/aromatic N) is 2. The number of carbonyl (C=O) groups excluding carboxylic acids is 1. The lowest BCUT2D eigenvalue weighted by Crippen LogP contribution is -2.45. The van der Waals surface area contributed by atoms with Crippen LogP contribution in [-0.2, 0) is 11.3 Å². The number of cyclic esters (lactones) is 1. The fraction of sp³-hybridized carbons (Fsp3) is 0.478. The number of hydrogen-bond acceptors (Lipinski definition) is 5. The molecule has 1 aromatic carbocycles. The standard InChI is InChI=1S/C23H30N2O5/c1-16(25-11-10-20(30-22(25)28)14-23(2,3)29)17-4-6-18(7-5-17)19-8-9-21(27)24(15-19)12-13-26/h4-9,15-16,20,26,29H,10-14H2,1-3H3. The fourth-order valence-electron chi connectivity index (χ4n) is 3.81. The van der Waals surface area contributed by atoms with Crippen LogP contribution in [0, 0.1) is 0 Å². The zero-order chi connectivity index (χ0) is 21.9. The summed E-state index contributed by atoms with van der Waals surface area (Å²) in [7, 11) is 0. The molecule has 2 heterocycles. The Hall–Kier alpha value is -2.64. The van der Waals surface area contributed by atoms with E-state index in [-0.39, 0.29) is 36.9 Å². The second kappa shape index (κ2) is 9.02. The molecule has 0 radical (unpaired) electrons. The first kappa shape index (κ1) is 22.1. The van der Waals surface area contributed by atoms with Crippen LogP contribution in [0.2, 0.25) is 0 Å². The Balaban J connectivity index is 1.70. The van der Waals surface area contributed by atoms with Gasteiger partial charge in [0.2, 0.25) is 0 Å². The molecule has 2 N–H and O–H groups in total. The van der Waals surface area contributed by atoms with Gasteiger partial charge in [0.1, 0.15) is 6.10 Å². The lowest BCUT2D eigenvalue weighted by Gasteiger charge is -2.37. The van der Waals surface area contributed by atoms with Crippen molar-refractivity contribution in [1.29, 1.82) is 0 Å². The van der Waals surface area contributed by atoms with Gasteiger partial charge in [-0.2, -0.15) is 0 Å². The summed E-state index contributed by atoms with van der Waals surface area (Å²) in [5, 5.41) is 19.1. The van der Waals surface area contributed by atoms with E-state index >= 15 is 0 Å². The molecule has 30 heavy (non-hydrogen) atoms. The highest BCUT2D eigenvalue weighted by molar-refractivity contribution is 5.69. The lowest BCUT2D eigenvalue weighted by molar-refractivity contribution is -0.0309. The van der Waals surface area contributed by atoms with E-state index in [0.29, 0.717) is 19.4 Å². The first-order valence-corrected chi connectivity index (χ1v) is 10.3. The summed E-state index contributed by atoms with van der Waals surface area (Å²) in [6.45, 7) is 6.14. The maximum atomic E-state index is 12.5. The SMILES string of the molecule is CC(c1ccc(-c2ccc(=O)n(CCO)c2)cc1)N1CCC(CC(C)(C)O)OC1=O. The molecule has 1 aliphatic rings. The number of carbonyl (C=O) groups is 1. The van der Waals surface area contributed by atoms with E-state index in [1.807, 2.05) is 31.2 Å². The van der Waals surface area contributed by atoms with Gasteiger partial charge < -0.3 is 24.4 Å². The average Bonchev–Trinajstić information content (AvgIpc) is 2.68. The predicted molar refractivity (Wildman–Crippen MR) is 114 cm³/mol. The molecule has 1 aromatic heterocycles. The minimum atomic E-state index is -0.867. The molecule has 162 valence electrons. The highest BCUT2D eigenvalue weighted by Gasteiger charge is 2.33. The van der Waals surface area contributed by atoms with Gasteiger partial charge in [-0.1, -0.05) is 24.3 Å². The van der Waals surface area contributed by atoms with Crippen molar-refractivity contribution in [2.75, 3.05) is 13.2 Å². The van der Waals surface area contributed by atoms with E-state index < -0.39 is 5.60 Å². The van der Waals surface area contributed by atoms with Crippen molar-refractivity contribution in [1.82, 2.24) is 9.47 Å². The van der Waals surface area contributed by atoms with E-state index in [9.17, 15) is 14.7 Å². The summed E-state index contributed by atoms with van der Waals surface area (Å²) < 4.78 is 7.02. The van der Waals surface area contributed by atoms with E-state index in [0.717, 1.165) is 16.7 Å². The van der Waals surface area contributed by atoms with Gasteiger partial charge in [-0.05, 0) is 43.5 Å². The third kappa shape index (κ3) is 5.29.